The van der Waals surface area contributed by atoms with E-state index in [9.17, 15) is 13.2 Å². The monoisotopic (exact) mass is 456 g/mol. The standard InChI is InChI=1S/C21H26Cl2N2O3S/c1-5-15-7-9-16(10-8-15)14(3)24-21(26)19(6-2)25(29(4,27)28)20-13-17(22)11-12-18(20)23/h7-14,19H,5-6H2,1-4H3,(H,24,26). The van der Waals surface area contributed by atoms with Crippen LogP contribution in [0.4, 0.5) is 5.69 Å². The first kappa shape index (κ1) is 23.5. The summed E-state index contributed by atoms with van der Waals surface area (Å²) in [5.74, 6) is -0.402. The van der Waals surface area contributed by atoms with Gasteiger partial charge in [-0.05, 0) is 49.1 Å². The van der Waals surface area contributed by atoms with Gasteiger partial charge in [0.1, 0.15) is 6.04 Å². The molecule has 1 N–H and O–H groups in total. The lowest BCUT2D eigenvalue weighted by Gasteiger charge is -2.31. The molecule has 1 amide bonds. The Kier molecular flexibility index (Phi) is 7.97. The molecule has 5 nitrogen and oxygen atoms in total. The van der Waals surface area contributed by atoms with Crippen LogP contribution in [-0.2, 0) is 21.2 Å². The maximum Gasteiger partial charge on any atom is 0.244 e. The van der Waals surface area contributed by atoms with Gasteiger partial charge in [0.05, 0.1) is 23.0 Å². The minimum absolute atomic E-state index is 0.184. The molecule has 0 spiro atoms. The van der Waals surface area contributed by atoms with Gasteiger partial charge in [0, 0.05) is 5.02 Å². The zero-order valence-electron chi connectivity index (χ0n) is 16.9. The van der Waals surface area contributed by atoms with E-state index < -0.39 is 22.0 Å². The fourth-order valence-electron chi connectivity index (χ4n) is 3.13. The largest absolute Gasteiger partial charge is 0.348 e. The Morgan fingerprint density at radius 1 is 1.10 bits per heavy atom. The van der Waals surface area contributed by atoms with Crippen LogP contribution >= 0.6 is 23.2 Å². The summed E-state index contributed by atoms with van der Waals surface area (Å²) in [4.78, 5) is 13.0. The fourth-order valence-corrected chi connectivity index (χ4v) is 4.77. The topological polar surface area (TPSA) is 66.5 Å². The highest BCUT2D eigenvalue weighted by Gasteiger charge is 2.33. The Morgan fingerprint density at radius 3 is 2.24 bits per heavy atom. The summed E-state index contributed by atoms with van der Waals surface area (Å²) in [6.07, 6.45) is 2.25. The Labute approximate surface area is 183 Å². The van der Waals surface area contributed by atoms with E-state index in [0.717, 1.165) is 22.5 Å². The van der Waals surface area contributed by atoms with Crippen molar-refractivity contribution in [2.45, 2.75) is 45.7 Å². The molecule has 2 unspecified atom stereocenters. The van der Waals surface area contributed by atoms with Gasteiger partial charge in [0.25, 0.3) is 0 Å². The predicted molar refractivity (Wildman–Crippen MR) is 120 cm³/mol. The predicted octanol–water partition coefficient (Wildman–Crippen LogP) is 4.98. The second kappa shape index (κ2) is 9.83. The van der Waals surface area contributed by atoms with E-state index in [1.54, 1.807) is 13.0 Å². The first-order valence-corrected chi connectivity index (χ1v) is 12.0. The van der Waals surface area contributed by atoms with Crippen molar-refractivity contribution in [3.63, 3.8) is 0 Å². The third-order valence-corrected chi connectivity index (χ3v) is 6.44. The molecule has 0 aliphatic rings. The average molecular weight is 457 g/mol. The van der Waals surface area contributed by atoms with E-state index in [-0.39, 0.29) is 23.2 Å². The normalized spacial score (nSPS) is 13.6. The lowest BCUT2D eigenvalue weighted by Crippen LogP contribution is -2.49. The number of carbonyl (C=O) groups excluding carboxylic acids is 1. The molecule has 2 aromatic carbocycles. The number of nitrogens with zero attached hydrogens (tertiary/aromatic N) is 1. The summed E-state index contributed by atoms with van der Waals surface area (Å²) in [6, 6.07) is 11.3. The molecule has 0 saturated heterocycles. The summed E-state index contributed by atoms with van der Waals surface area (Å²) in [6.45, 7) is 5.69. The number of rotatable bonds is 8. The van der Waals surface area contributed by atoms with Gasteiger partial charge in [-0.25, -0.2) is 8.42 Å². The van der Waals surface area contributed by atoms with E-state index in [1.165, 1.54) is 17.7 Å². The van der Waals surface area contributed by atoms with Crippen LogP contribution in [0.5, 0.6) is 0 Å². The maximum absolute atomic E-state index is 13.0. The van der Waals surface area contributed by atoms with Gasteiger partial charge in [-0.3, -0.25) is 9.10 Å². The second-order valence-electron chi connectivity index (χ2n) is 6.90. The van der Waals surface area contributed by atoms with Crippen LogP contribution in [0.25, 0.3) is 0 Å². The minimum atomic E-state index is -3.79. The molecule has 0 aliphatic heterocycles. The molecule has 29 heavy (non-hydrogen) atoms. The highest BCUT2D eigenvalue weighted by Crippen LogP contribution is 2.33. The molecule has 0 bridgehead atoms. The molecule has 0 saturated carbocycles. The number of sulfonamides is 1. The Balaban J connectivity index is 2.34. The van der Waals surface area contributed by atoms with Crippen molar-refractivity contribution in [2.75, 3.05) is 10.6 Å². The molecule has 2 atom stereocenters. The van der Waals surface area contributed by atoms with Crippen LogP contribution in [0.2, 0.25) is 10.0 Å². The van der Waals surface area contributed by atoms with Gasteiger partial charge in [0.2, 0.25) is 15.9 Å². The maximum atomic E-state index is 13.0. The quantitative estimate of drug-likeness (QED) is 0.608. The van der Waals surface area contributed by atoms with E-state index in [0.29, 0.717) is 5.02 Å². The Bertz CT molecular complexity index is 962. The van der Waals surface area contributed by atoms with Crippen LogP contribution in [-0.4, -0.2) is 26.6 Å². The summed E-state index contributed by atoms with van der Waals surface area (Å²) in [5.41, 5.74) is 2.33. The molecular formula is C21H26Cl2N2O3S. The van der Waals surface area contributed by atoms with Crippen molar-refractivity contribution in [3.05, 3.63) is 63.6 Å². The number of aryl methyl sites for hydroxylation is 1. The molecule has 2 aromatic rings. The van der Waals surface area contributed by atoms with Crippen molar-refractivity contribution >= 4 is 44.8 Å². The van der Waals surface area contributed by atoms with Gasteiger partial charge < -0.3 is 5.32 Å². The Hall–Kier alpha value is -1.76. The van der Waals surface area contributed by atoms with Gasteiger partial charge in [-0.2, -0.15) is 0 Å². The van der Waals surface area contributed by atoms with E-state index in [1.807, 2.05) is 31.2 Å². The van der Waals surface area contributed by atoms with Gasteiger partial charge in [-0.15, -0.1) is 0 Å². The molecule has 0 heterocycles. The van der Waals surface area contributed by atoms with Crippen molar-refractivity contribution in [1.29, 1.82) is 0 Å². The first-order valence-electron chi connectivity index (χ1n) is 9.42. The second-order valence-corrected chi connectivity index (χ2v) is 9.61. The third kappa shape index (κ3) is 5.87. The summed E-state index contributed by atoms with van der Waals surface area (Å²) < 4.78 is 26.2. The number of hydrogen-bond donors (Lipinski definition) is 1. The molecule has 2 rings (SSSR count). The summed E-state index contributed by atoms with van der Waals surface area (Å²) >= 11 is 12.3. The van der Waals surface area contributed by atoms with Crippen LogP contribution in [0.15, 0.2) is 42.5 Å². The van der Waals surface area contributed by atoms with Gasteiger partial charge >= 0.3 is 0 Å². The van der Waals surface area contributed by atoms with E-state index in [4.69, 9.17) is 23.2 Å². The number of benzene rings is 2. The molecule has 8 heteroatoms. The van der Waals surface area contributed by atoms with E-state index in [2.05, 4.69) is 12.2 Å². The minimum Gasteiger partial charge on any atom is -0.348 e. The third-order valence-electron chi connectivity index (χ3n) is 4.72. The first-order chi connectivity index (χ1) is 13.6. The summed E-state index contributed by atoms with van der Waals surface area (Å²) in [5, 5.41) is 3.45. The molecule has 0 aliphatic carbocycles. The van der Waals surface area contributed by atoms with Crippen LogP contribution < -0.4 is 9.62 Å². The van der Waals surface area contributed by atoms with Crippen LogP contribution in [0, 0.1) is 0 Å². The fraction of sp³-hybridized carbons (Fsp3) is 0.381. The molecule has 158 valence electrons. The van der Waals surface area contributed by atoms with Crippen molar-refractivity contribution in [3.8, 4) is 0 Å². The number of carbonyl (C=O) groups is 1. The highest BCUT2D eigenvalue weighted by atomic mass is 35.5. The zero-order chi connectivity index (χ0) is 21.8. The van der Waals surface area contributed by atoms with Crippen LogP contribution in [0.1, 0.15) is 44.4 Å². The van der Waals surface area contributed by atoms with Gasteiger partial charge in [0.15, 0.2) is 0 Å². The number of hydrogen-bond acceptors (Lipinski definition) is 3. The van der Waals surface area contributed by atoms with Crippen LogP contribution in [0.3, 0.4) is 0 Å². The average Bonchev–Trinajstić information content (AvgIpc) is 2.67. The van der Waals surface area contributed by atoms with E-state index >= 15 is 0 Å². The Morgan fingerprint density at radius 2 is 1.72 bits per heavy atom. The molecular weight excluding hydrogens is 431 g/mol. The number of nitrogens with one attached hydrogen (secondary N) is 1. The molecule has 0 radical (unpaired) electrons. The number of amides is 1. The SMILES string of the molecule is CCc1ccc(C(C)NC(=O)C(CC)N(c2cc(Cl)ccc2Cl)S(C)(=O)=O)cc1. The molecule has 0 fully saturated rings. The lowest BCUT2D eigenvalue weighted by atomic mass is 10.0. The van der Waals surface area contributed by atoms with Gasteiger partial charge in [-0.1, -0.05) is 61.3 Å². The van der Waals surface area contributed by atoms with Crippen molar-refractivity contribution in [2.24, 2.45) is 0 Å². The smallest absolute Gasteiger partial charge is 0.244 e. The number of halogens is 2. The van der Waals surface area contributed by atoms with Crippen molar-refractivity contribution in [1.82, 2.24) is 5.32 Å². The van der Waals surface area contributed by atoms with Crippen molar-refractivity contribution < 1.29 is 13.2 Å². The highest BCUT2D eigenvalue weighted by molar-refractivity contribution is 7.92. The summed E-state index contributed by atoms with van der Waals surface area (Å²) in [7, 11) is -3.79. The number of anilines is 1. The molecule has 0 aromatic heterocycles. The lowest BCUT2D eigenvalue weighted by molar-refractivity contribution is -0.122. The zero-order valence-corrected chi connectivity index (χ0v) is 19.3.